The molecule has 0 atom stereocenters. The van der Waals surface area contributed by atoms with Gasteiger partial charge in [0.2, 0.25) is 0 Å². The molecule has 0 unspecified atom stereocenters. The molecule has 1 amide bonds. The first-order chi connectivity index (χ1) is 8.95. The van der Waals surface area contributed by atoms with Crippen LogP contribution in [-0.4, -0.2) is 35.2 Å². The van der Waals surface area contributed by atoms with Crippen molar-refractivity contribution in [2.45, 2.75) is 13.3 Å². The fourth-order valence-electron chi connectivity index (χ4n) is 1.57. The molecular weight excluding hydrogens is 252 g/mol. The molecule has 5 N–H and O–H groups in total. The van der Waals surface area contributed by atoms with Crippen LogP contribution in [-0.2, 0) is 16.0 Å². The van der Waals surface area contributed by atoms with Crippen molar-refractivity contribution in [2.24, 2.45) is 5.73 Å². The molecule has 0 aromatic heterocycles. The molecule has 104 valence electrons. The van der Waals surface area contributed by atoms with Crippen LogP contribution in [0.15, 0.2) is 12.1 Å². The lowest BCUT2D eigenvalue weighted by Crippen LogP contribution is -2.26. The Morgan fingerprint density at radius 2 is 2.16 bits per heavy atom. The largest absolute Gasteiger partial charge is 0.506 e. The summed E-state index contributed by atoms with van der Waals surface area (Å²) in [6.07, 6.45) is 0.651. The Kier molecular flexibility index (Phi) is 5.13. The van der Waals surface area contributed by atoms with Gasteiger partial charge >= 0.3 is 0 Å². The number of rotatable bonds is 2. The Morgan fingerprint density at radius 3 is 2.74 bits per heavy atom. The summed E-state index contributed by atoms with van der Waals surface area (Å²) < 4.78 is 5.27. The van der Waals surface area contributed by atoms with Crippen molar-refractivity contribution < 1.29 is 24.5 Å². The zero-order chi connectivity index (χ0) is 14.4. The van der Waals surface area contributed by atoms with E-state index in [-0.39, 0.29) is 18.3 Å². The summed E-state index contributed by atoms with van der Waals surface area (Å²) in [5.41, 5.74) is 6.69. The SMILES string of the molecule is CC(=O)O.NCCc1ccc(O)c2c1OCC(=O)N2. The minimum Gasteiger partial charge on any atom is -0.506 e. The van der Waals surface area contributed by atoms with E-state index in [1.807, 2.05) is 0 Å². The summed E-state index contributed by atoms with van der Waals surface area (Å²) in [6, 6.07) is 3.28. The van der Waals surface area contributed by atoms with E-state index in [0.29, 0.717) is 24.4 Å². The summed E-state index contributed by atoms with van der Waals surface area (Å²) in [5, 5.41) is 19.5. The highest BCUT2D eigenvalue weighted by Crippen LogP contribution is 2.38. The second-order valence-electron chi connectivity index (χ2n) is 3.84. The number of hydrogen-bond donors (Lipinski definition) is 4. The molecule has 0 saturated carbocycles. The van der Waals surface area contributed by atoms with Crippen molar-refractivity contribution in [2.75, 3.05) is 18.5 Å². The second-order valence-corrected chi connectivity index (χ2v) is 3.84. The lowest BCUT2D eigenvalue weighted by Gasteiger charge is -2.21. The lowest BCUT2D eigenvalue weighted by atomic mass is 10.1. The number of anilines is 1. The minimum absolute atomic E-state index is 0.0128. The summed E-state index contributed by atoms with van der Waals surface area (Å²) in [7, 11) is 0. The Bertz CT molecular complexity index is 483. The predicted molar refractivity (Wildman–Crippen MR) is 68.3 cm³/mol. The van der Waals surface area contributed by atoms with Crippen molar-refractivity contribution in [1.29, 1.82) is 0 Å². The molecule has 0 radical (unpaired) electrons. The van der Waals surface area contributed by atoms with E-state index in [0.717, 1.165) is 12.5 Å². The summed E-state index contributed by atoms with van der Waals surface area (Å²) in [5.74, 6) is -0.554. The van der Waals surface area contributed by atoms with Gasteiger partial charge in [-0.25, -0.2) is 0 Å². The number of carbonyl (C=O) groups is 2. The first kappa shape index (κ1) is 14.8. The van der Waals surface area contributed by atoms with Crippen LogP contribution in [0.25, 0.3) is 0 Å². The molecule has 0 saturated heterocycles. The zero-order valence-electron chi connectivity index (χ0n) is 10.5. The average molecular weight is 268 g/mol. The summed E-state index contributed by atoms with van der Waals surface area (Å²) in [4.78, 5) is 20.1. The monoisotopic (exact) mass is 268 g/mol. The standard InChI is InChI=1S/C10H12N2O3.C2H4O2/c11-4-3-6-1-2-7(13)9-10(6)15-5-8(14)12-9;1-2(3)4/h1-2,13H,3-5,11H2,(H,12,14);1H3,(H,3,4). The first-order valence-corrected chi connectivity index (χ1v) is 5.62. The molecule has 1 aromatic carbocycles. The van der Waals surface area contributed by atoms with Crippen LogP contribution in [0.2, 0.25) is 0 Å². The number of phenolic OH excluding ortho intramolecular Hbond substituents is 1. The third-order valence-electron chi connectivity index (χ3n) is 2.24. The number of aliphatic carboxylic acids is 1. The van der Waals surface area contributed by atoms with Crippen LogP contribution in [0.4, 0.5) is 5.69 Å². The minimum atomic E-state index is -0.833. The van der Waals surface area contributed by atoms with Gasteiger partial charge in [0.15, 0.2) is 12.4 Å². The van der Waals surface area contributed by atoms with Crippen molar-refractivity contribution in [3.8, 4) is 11.5 Å². The van der Waals surface area contributed by atoms with Crippen molar-refractivity contribution in [3.05, 3.63) is 17.7 Å². The number of hydrogen-bond acceptors (Lipinski definition) is 5. The van der Waals surface area contributed by atoms with E-state index in [4.69, 9.17) is 20.4 Å². The number of carboxylic acid groups (broad SMARTS) is 1. The molecule has 2 rings (SSSR count). The topological polar surface area (TPSA) is 122 Å². The number of carboxylic acids is 1. The maximum Gasteiger partial charge on any atom is 0.300 e. The van der Waals surface area contributed by atoms with Crippen LogP contribution in [0.3, 0.4) is 0 Å². The van der Waals surface area contributed by atoms with Crippen LogP contribution in [0, 0.1) is 0 Å². The molecule has 0 fully saturated rings. The molecule has 7 nitrogen and oxygen atoms in total. The Labute approximate surface area is 110 Å². The van der Waals surface area contributed by atoms with Gasteiger partial charge in [-0.1, -0.05) is 6.07 Å². The van der Waals surface area contributed by atoms with E-state index in [1.165, 1.54) is 6.07 Å². The number of ether oxygens (including phenoxy) is 1. The summed E-state index contributed by atoms with van der Waals surface area (Å²) >= 11 is 0. The number of aromatic hydroxyl groups is 1. The van der Waals surface area contributed by atoms with Crippen molar-refractivity contribution in [3.63, 3.8) is 0 Å². The van der Waals surface area contributed by atoms with E-state index in [1.54, 1.807) is 6.07 Å². The molecular formula is C12H16N2O5. The van der Waals surface area contributed by atoms with E-state index < -0.39 is 5.97 Å². The second kappa shape index (κ2) is 6.60. The predicted octanol–water partition coefficient (Wildman–Crippen LogP) is 0.315. The van der Waals surface area contributed by atoms with Crippen LogP contribution in [0.5, 0.6) is 11.5 Å². The summed E-state index contributed by atoms with van der Waals surface area (Å²) in [6.45, 7) is 1.56. The Balaban J connectivity index is 0.000000399. The molecule has 0 bridgehead atoms. The van der Waals surface area contributed by atoms with Crippen molar-refractivity contribution in [1.82, 2.24) is 0 Å². The molecule has 0 spiro atoms. The number of nitrogens with one attached hydrogen (secondary N) is 1. The zero-order valence-corrected chi connectivity index (χ0v) is 10.5. The van der Waals surface area contributed by atoms with Gasteiger partial charge in [0, 0.05) is 6.92 Å². The number of benzene rings is 1. The Hall–Kier alpha value is -2.28. The molecule has 1 aliphatic heterocycles. The van der Waals surface area contributed by atoms with E-state index >= 15 is 0 Å². The van der Waals surface area contributed by atoms with Gasteiger partial charge in [0.25, 0.3) is 11.9 Å². The van der Waals surface area contributed by atoms with Crippen LogP contribution in [0.1, 0.15) is 12.5 Å². The first-order valence-electron chi connectivity index (χ1n) is 5.62. The number of carbonyl (C=O) groups excluding carboxylic acids is 1. The fraction of sp³-hybridized carbons (Fsp3) is 0.333. The third-order valence-corrected chi connectivity index (χ3v) is 2.24. The maximum atomic E-state index is 11.1. The highest BCUT2D eigenvalue weighted by molar-refractivity contribution is 5.97. The highest BCUT2D eigenvalue weighted by Gasteiger charge is 2.21. The van der Waals surface area contributed by atoms with E-state index in [9.17, 15) is 9.90 Å². The van der Waals surface area contributed by atoms with Gasteiger partial charge in [-0.2, -0.15) is 0 Å². The van der Waals surface area contributed by atoms with Gasteiger partial charge in [0.1, 0.15) is 11.4 Å². The van der Waals surface area contributed by atoms with Crippen molar-refractivity contribution >= 4 is 17.6 Å². The number of fused-ring (bicyclic) bond motifs is 1. The van der Waals surface area contributed by atoms with Gasteiger partial charge in [-0.05, 0) is 24.6 Å². The van der Waals surface area contributed by atoms with Gasteiger partial charge in [0.05, 0.1) is 0 Å². The highest BCUT2D eigenvalue weighted by atomic mass is 16.5. The molecule has 1 heterocycles. The molecule has 1 aromatic rings. The van der Waals surface area contributed by atoms with Gasteiger partial charge in [-0.3, -0.25) is 9.59 Å². The van der Waals surface area contributed by atoms with E-state index in [2.05, 4.69) is 5.32 Å². The molecule has 19 heavy (non-hydrogen) atoms. The molecule has 1 aliphatic rings. The number of nitrogens with two attached hydrogens (primary N) is 1. The van der Waals surface area contributed by atoms with Gasteiger partial charge < -0.3 is 26.0 Å². The lowest BCUT2D eigenvalue weighted by molar-refractivity contribution is -0.134. The molecule has 7 heteroatoms. The normalized spacial score (nSPS) is 12.4. The maximum absolute atomic E-state index is 11.1. The van der Waals surface area contributed by atoms with Crippen LogP contribution >= 0.6 is 0 Å². The smallest absolute Gasteiger partial charge is 0.300 e. The Morgan fingerprint density at radius 1 is 1.53 bits per heavy atom. The number of amides is 1. The third kappa shape index (κ3) is 4.14. The number of phenols is 1. The average Bonchev–Trinajstić information content (AvgIpc) is 2.32. The quantitative estimate of drug-likeness (QED) is 0.573. The van der Waals surface area contributed by atoms with Gasteiger partial charge in [-0.15, -0.1) is 0 Å². The van der Waals surface area contributed by atoms with Crippen LogP contribution < -0.4 is 15.8 Å². The fourth-order valence-corrected chi connectivity index (χ4v) is 1.57. The molecule has 0 aliphatic carbocycles.